The average Bonchev–Trinajstić information content (AvgIpc) is 2.53. The zero-order chi connectivity index (χ0) is 15.4. The Bertz CT molecular complexity index is 440. The molecule has 0 bridgehead atoms. The number of rotatable bonds is 5. The SMILES string of the molecule is CCC1CN(c2cc(OC)cc(OC)c2)C(C(C)C)CN1. The molecule has 1 N–H and O–H groups in total. The molecule has 2 atom stereocenters. The molecule has 1 fully saturated rings. The molecule has 1 aliphatic heterocycles. The number of nitrogens with one attached hydrogen (secondary N) is 1. The Kier molecular flexibility index (Phi) is 5.34. The number of anilines is 1. The van der Waals surface area contributed by atoms with Gasteiger partial charge in [-0.2, -0.15) is 0 Å². The molecule has 2 rings (SSSR count). The van der Waals surface area contributed by atoms with E-state index in [1.165, 1.54) is 5.69 Å². The smallest absolute Gasteiger partial charge is 0.124 e. The first-order valence-electron chi connectivity index (χ1n) is 7.82. The summed E-state index contributed by atoms with van der Waals surface area (Å²) in [5.74, 6) is 2.28. The highest BCUT2D eigenvalue weighted by atomic mass is 16.5. The molecule has 118 valence electrons. The molecule has 1 aromatic rings. The van der Waals surface area contributed by atoms with Gasteiger partial charge in [0.25, 0.3) is 0 Å². The van der Waals surface area contributed by atoms with Crippen LogP contribution in [0, 0.1) is 5.92 Å². The molecule has 0 amide bonds. The van der Waals surface area contributed by atoms with Crippen molar-refractivity contribution in [2.24, 2.45) is 5.92 Å². The van der Waals surface area contributed by atoms with E-state index in [0.29, 0.717) is 18.0 Å². The molecular weight excluding hydrogens is 264 g/mol. The van der Waals surface area contributed by atoms with Crippen LogP contribution >= 0.6 is 0 Å². The van der Waals surface area contributed by atoms with Crippen LogP contribution < -0.4 is 19.7 Å². The van der Waals surface area contributed by atoms with E-state index in [9.17, 15) is 0 Å². The number of benzene rings is 1. The van der Waals surface area contributed by atoms with Gasteiger partial charge in [0, 0.05) is 49.1 Å². The van der Waals surface area contributed by atoms with E-state index in [2.05, 4.69) is 43.1 Å². The van der Waals surface area contributed by atoms with Crippen LogP contribution in [-0.4, -0.2) is 39.4 Å². The summed E-state index contributed by atoms with van der Waals surface area (Å²) in [4.78, 5) is 2.50. The van der Waals surface area contributed by atoms with Gasteiger partial charge in [-0.1, -0.05) is 20.8 Å². The number of hydrogen-bond acceptors (Lipinski definition) is 4. The summed E-state index contributed by atoms with van der Waals surface area (Å²) in [6, 6.07) is 7.17. The summed E-state index contributed by atoms with van der Waals surface area (Å²) in [5.41, 5.74) is 1.19. The lowest BCUT2D eigenvalue weighted by Gasteiger charge is -2.44. The standard InChI is InChI=1S/C17H28N2O2/c1-6-13-11-19(17(10-18-13)12(2)3)14-7-15(20-4)9-16(8-14)21-5/h7-9,12-13,17-18H,6,10-11H2,1-5H3. The van der Waals surface area contributed by atoms with Crippen LogP contribution in [0.1, 0.15) is 27.2 Å². The van der Waals surface area contributed by atoms with Gasteiger partial charge in [0.05, 0.1) is 14.2 Å². The third kappa shape index (κ3) is 3.62. The van der Waals surface area contributed by atoms with Crippen molar-refractivity contribution in [1.82, 2.24) is 5.32 Å². The number of piperazine rings is 1. The van der Waals surface area contributed by atoms with Crippen LogP contribution in [0.25, 0.3) is 0 Å². The number of hydrogen-bond donors (Lipinski definition) is 1. The molecule has 0 spiro atoms. The van der Waals surface area contributed by atoms with E-state index in [0.717, 1.165) is 31.0 Å². The van der Waals surface area contributed by atoms with E-state index in [4.69, 9.17) is 9.47 Å². The van der Waals surface area contributed by atoms with Crippen molar-refractivity contribution in [2.45, 2.75) is 39.3 Å². The van der Waals surface area contributed by atoms with Gasteiger partial charge in [-0.15, -0.1) is 0 Å². The Balaban J connectivity index is 2.34. The maximum Gasteiger partial charge on any atom is 0.124 e. The van der Waals surface area contributed by atoms with Crippen molar-refractivity contribution in [3.63, 3.8) is 0 Å². The van der Waals surface area contributed by atoms with Crippen LogP contribution in [-0.2, 0) is 0 Å². The van der Waals surface area contributed by atoms with Crippen molar-refractivity contribution in [2.75, 3.05) is 32.2 Å². The van der Waals surface area contributed by atoms with E-state index >= 15 is 0 Å². The first-order chi connectivity index (χ1) is 10.1. The lowest BCUT2D eigenvalue weighted by Crippen LogP contribution is -2.58. The lowest BCUT2D eigenvalue weighted by molar-refractivity contribution is 0.332. The van der Waals surface area contributed by atoms with Crippen molar-refractivity contribution < 1.29 is 9.47 Å². The quantitative estimate of drug-likeness (QED) is 0.905. The topological polar surface area (TPSA) is 33.7 Å². The minimum absolute atomic E-state index is 0.490. The molecule has 0 radical (unpaired) electrons. The van der Waals surface area contributed by atoms with E-state index in [-0.39, 0.29) is 0 Å². The van der Waals surface area contributed by atoms with E-state index in [1.54, 1.807) is 14.2 Å². The lowest BCUT2D eigenvalue weighted by atomic mass is 9.97. The van der Waals surface area contributed by atoms with Gasteiger partial charge < -0.3 is 19.7 Å². The fourth-order valence-electron chi connectivity index (χ4n) is 2.96. The summed E-state index contributed by atoms with van der Waals surface area (Å²) in [6.45, 7) is 8.84. The molecule has 1 heterocycles. The highest BCUT2D eigenvalue weighted by Gasteiger charge is 2.29. The predicted molar refractivity (Wildman–Crippen MR) is 87.6 cm³/mol. The van der Waals surface area contributed by atoms with Gasteiger partial charge in [-0.05, 0) is 12.3 Å². The molecule has 0 aliphatic carbocycles. The molecule has 1 aliphatic rings. The highest BCUT2D eigenvalue weighted by molar-refractivity contribution is 5.57. The zero-order valence-corrected chi connectivity index (χ0v) is 13.8. The van der Waals surface area contributed by atoms with E-state index in [1.807, 2.05) is 6.07 Å². The molecule has 2 unspecified atom stereocenters. The Morgan fingerprint density at radius 3 is 2.29 bits per heavy atom. The summed E-state index contributed by atoms with van der Waals surface area (Å²) in [7, 11) is 3.40. The molecule has 4 heteroatoms. The summed E-state index contributed by atoms with van der Waals surface area (Å²) in [5, 5.41) is 3.65. The van der Waals surface area contributed by atoms with Crippen molar-refractivity contribution in [1.29, 1.82) is 0 Å². The zero-order valence-electron chi connectivity index (χ0n) is 13.8. The van der Waals surface area contributed by atoms with Crippen molar-refractivity contribution in [3.8, 4) is 11.5 Å². The van der Waals surface area contributed by atoms with E-state index < -0.39 is 0 Å². The van der Waals surface area contributed by atoms with Gasteiger partial charge in [0.15, 0.2) is 0 Å². The molecule has 1 aromatic carbocycles. The Hall–Kier alpha value is -1.42. The first-order valence-corrected chi connectivity index (χ1v) is 7.82. The van der Waals surface area contributed by atoms with Gasteiger partial charge in [-0.3, -0.25) is 0 Å². The Morgan fingerprint density at radius 1 is 1.19 bits per heavy atom. The highest BCUT2D eigenvalue weighted by Crippen LogP contribution is 2.32. The van der Waals surface area contributed by atoms with Gasteiger partial charge >= 0.3 is 0 Å². The minimum Gasteiger partial charge on any atom is -0.497 e. The van der Waals surface area contributed by atoms with Gasteiger partial charge in [0.1, 0.15) is 11.5 Å². The normalized spacial score (nSPS) is 22.5. The maximum atomic E-state index is 5.41. The summed E-state index contributed by atoms with van der Waals surface area (Å²) >= 11 is 0. The molecular formula is C17H28N2O2. The fourth-order valence-corrected chi connectivity index (χ4v) is 2.96. The molecule has 0 saturated carbocycles. The monoisotopic (exact) mass is 292 g/mol. The average molecular weight is 292 g/mol. The van der Waals surface area contributed by atoms with Crippen LogP contribution in [0.2, 0.25) is 0 Å². The number of ether oxygens (including phenoxy) is 2. The third-order valence-electron chi connectivity index (χ3n) is 4.36. The number of methoxy groups -OCH3 is 2. The van der Waals surface area contributed by atoms with Gasteiger partial charge in [-0.25, -0.2) is 0 Å². The van der Waals surface area contributed by atoms with Crippen LogP contribution in [0.5, 0.6) is 11.5 Å². The first kappa shape index (κ1) is 16.0. The minimum atomic E-state index is 0.490. The van der Waals surface area contributed by atoms with Crippen molar-refractivity contribution >= 4 is 5.69 Å². The molecule has 21 heavy (non-hydrogen) atoms. The largest absolute Gasteiger partial charge is 0.497 e. The van der Waals surface area contributed by atoms with Gasteiger partial charge in [0.2, 0.25) is 0 Å². The van der Waals surface area contributed by atoms with Crippen LogP contribution in [0.3, 0.4) is 0 Å². The second kappa shape index (κ2) is 7.03. The van der Waals surface area contributed by atoms with Crippen molar-refractivity contribution in [3.05, 3.63) is 18.2 Å². The Labute approximate surface area is 128 Å². The predicted octanol–water partition coefficient (Wildman–Crippen LogP) is 2.92. The summed E-state index contributed by atoms with van der Waals surface area (Å²) < 4.78 is 10.8. The molecule has 0 aromatic heterocycles. The maximum absolute atomic E-state index is 5.41. The van der Waals surface area contributed by atoms with Crippen LogP contribution in [0.15, 0.2) is 18.2 Å². The molecule has 1 saturated heterocycles. The Morgan fingerprint density at radius 2 is 1.81 bits per heavy atom. The summed E-state index contributed by atoms with van der Waals surface area (Å²) in [6.07, 6.45) is 1.14. The second-order valence-electron chi connectivity index (χ2n) is 6.05. The molecule has 4 nitrogen and oxygen atoms in total. The number of nitrogens with zero attached hydrogens (tertiary/aromatic N) is 1. The second-order valence-corrected chi connectivity index (χ2v) is 6.05. The third-order valence-corrected chi connectivity index (χ3v) is 4.36. The fraction of sp³-hybridized carbons (Fsp3) is 0.647. The van der Waals surface area contributed by atoms with Crippen LogP contribution in [0.4, 0.5) is 5.69 Å².